The van der Waals surface area contributed by atoms with E-state index in [1.165, 1.54) is 70.6 Å². The number of hydrogen-bond donors (Lipinski definition) is 1. The monoisotopic (exact) mass is 258 g/mol. The fraction of sp³-hybridized carbons (Fsp3) is 0.933. The Bertz CT molecular complexity index is 168. The average Bonchev–Trinajstić information content (AvgIpc) is 2.30. The first-order valence-electron chi connectivity index (χ1n) is 7.49. The number of hydrogen-bond acceptors (Lipinski definition) is 1. The van der Waals surface area contributed by atoms with Crippen LogP contribution in [-0.2, 0) is 4.79 Å². The van der Waals surface area contributed by atoms with Crippen molar-refractivity contribution in [3.63, 3.8) is 0 Å². The zero-order chi connectivity index (χ0) is 12.8. The molecule has 0 aromatic rings. The highest BCUT2D eigenvalue weighted by Gasteiger charge is 1.95. The summed E-state index contributed by atoms with van der Waals surface area (Å²) < 4.78 is 0. The highest BCUT2D eigenvalue weighted by molar-refractivity contribution is 7.96. The summed E-state index contributed by atoms with van der Waals surface area (Å²) >= 11 is 3.77. The van der Waals surface area contributed by atoms with Crippen LogP contribution >= 0.6 is 12.6 Å². The molecule has 0 radical (unpaired) electrons. The van der Waals surface area contributed by atoms with Crippen molar-refractivity contribution in [3.05, 3.63) is 0 Å². The molecule has 2 heteroatoms. The van der Waals surface area contributed by atoms with Gasteiger partial charge in [0.15, 0.2) is 5.12 Å². The molecule has 0 amide bonds. The van der Waals surface area contributed by atoms with Gasteiger partial charge >= 0.3 is 0 Å². The molecular weight excluding hydrogens is 228 g/mol. The number of carbonyl (C=O) groups is 1. The molecule has 0 saturated heterocycles. The molecule has 0 atom stereocenters. The minimum atomic E-state index is 0.0390. The largest absolute Gasteiger partial charge is 0.288 e. The van der Waals surface area contributed by atoms with Gasteiger partial charge < -0.3 is 0 Å². The van der Waals surface area contributed by atoms with Crippen molar-refractivity contribution in [2.75, 3.05) is 0 Å². The van der Waals surface area contributed by atoms with Crippen LogP contribution in [0.15, 0.2) is 0 Å². The number of thiol groups is 1. The Morgan fingerprint density at radius 1 is 0.706 bits per heavy atom. The fourth-order valence-electron chi connectivity index (χ4n) is 2.12. The molecule has 0 aliphatic heterocycles. The van der Waals surface area contributed by atoms with E-state index >= 15 is 0 Å². The molecule has 0 unspecified atom stereocenters. The average molecular weight is 258 g/mol. The maximum atomic E-state index is 10.6. The molecule has 0 N–H and O–H groups in total. The fourth-order valence-corrected chi connectivity index (χ4v) is 2.28. The van der Waals surface area contributed by atoms with Crippen LogP contribution in [0.3, 0.4) is 0 Å². The topological polar surface area (TPSA) is 17.1 Å². The maximum absolute atomic E-state index is 10.6. The Morgan fingerprint density at radius 3 is 1.41 bits per heavy atom. The summed E-state index contributed by atoms with van der Waals surface area (Å²) in [7, 11) is 0. The normalized spacial score (nSPS) is 10.7. The first kappa shape index (κ1) is 17.0. The molecule has 0 heterocycles. The summed E-state index contributed by atoms with van der Waals surface area (Å²) in [6.07, 6.45) is 16.7. The second-order valence-electron chi connectivity index (χ2n) is 5.03. The van der Waals surface area contributed by atoms with Crippen molar-refractivity contribution >= 4 is 17.7 Å². The second kappa shape index (κ2) is 14.1. The minimum Gasteiger partial charge on any atom is -0.288 e. The molecule has 0 fully saturated rings. The predicted molar refractivity (Wildman–Crippen MR) is 79.7 cm³/mol. The van der Waals surface area contributed by atoms with Crippen LogP contribution in [0.1, 0.15) is 90.4 Å². The molecular formula is C15H30OS. The van der Waals surface area contributed by atoms with Crippen molar-refractivity contribution in [1.29, 1.82) is 0 Å². The zero-order valence-corrected chi connectivity index (χ0v) is 12.4. The molecule has 1 nitrogen and oxygen atoms in total. The third-order valence-electron chi connectivity index (χ3n) is 3.24. The second-order valence-corrected chi connectivity index (χ2v) is 5.53. The van der Waals surface area contributed by atoms with E-state index in [2.05, 4.69) is 19.6 Å². The van der Waals surface area contributed by atoms with Crippen LogP contribution in [0.25, 0.3) is 0 Å². The third kappa shape index (κ3) is 16.0. The van der Waals surface area contributed by atoms with Gasteiger partial charge in [-0.2, -0.15) is 0 Å². The van der Waals surface area contributed by atoms with Crippen LogP contribution in [0.4, 0.5) is 0 Å². The summed E-state index contributed by atoms with van der Waals surface area (Å²) in [5.74, 6) is 0. The van der Waals surface area contributed by atoms with E-state index in [4.69, 9.17) is 0 Å². The first-order valence-corrected chi connectivity index (χ1v) is 7.94. The highest BCUT2D eigenvalue weighted by atomic mass is 32.1. The first-order chi connectivity index (χ1) is 8.27. The summed E-state index contributed by atoms with van der Waals surface area (Å²) in [6.45, 7) is 2.27. The van der Waals surface area contributed by atoms with Crippen molar-refractivity contribution in [2.24, 2.45) is 0 Å². The lowest BCUT2D eigenvalue weighted by Crippen LogP contribution is -1.86. The van der Waals surface area contributed by atoms with E-state index in [0.717, 1.165) is 6.42 Å². The Hall–Kier alpha value is 0.0200. The summed E-state index contributed by atoms with van der Waals surface area (Å²) in [5, 5.41) is 0.0390. The van der Waals surface area contributed by atoms with Gasteiger partial charge in [-0.15, -0.1) is 12.6 Å². The maximum Gasteiger partial charge on any atom is 0.185 e. The van der Waals surface area contributed by atoms with E-state index in [1.54, 1.807) is 0 Å². The van der Waals surface area contributed by atoms with Crippen LogP contribution < -0.4 is 0 Å². The predicted octanol–water partition coefficient (Wildman–Crippen LogP) is 5.53. The van der Waals surface area contributed by atoms with Crippen molar-refractivity contribution in [2.45, 2.75) is 90.4 Å². The Labute approximate surface area is 113 Å². The minimum absolute atomic E-state index is 0.0390. The molecule has 0 aromatic carbocycles. The third-order valence-corrected chi connectivity index (χ3v) is 3.47. The van der Waals surface area contributed by atoms with Gasteiger partial charge in [0.2, 0.25) is 0 Å². The van der Waals surface area contributed by atoms with Crippen molar-refractivity contribution in [1.82, 2.24) is 0 Å². The molecule has 17 heavy (non-hydrogen) atoms. The van der Waals surface area contributed by atoms with Crippen LogP contribution in [-0.4, -0.2) is 5.12 Å². The van der Waals surface area contributed by atoms with Gasteiger partial charge in [0.1, 0.15) is 0 Å². The van der Waals surface area contributed by atoms with Crippen molar-refractivity contribution in [3.8, 4) is 0 Å². The van der Waals surface area contributed by atoms with Crippen LogP contribution in [0.5, 0.6) is 0 Å². The zero-order valence-electron chi connectivity index (χ0n) is 11.5. The van der Waals surface area contributed by atoms with Gasteiger partial charge in [-0.25, -0.2) is 0 Å². The van der Waals surface area contributed by atoms with Gasteiger partial charge in [0.25, 0.3) is 0 Å². The summed E-state index contributed by atoms with van der Waals surface area (Å²) in [5.41, 5.74) is 0. The summed E-state index contributed by atoms with van der Waals surface area (Å²) in [4.78, 5) is 10.6. The lowest BCUT2D eigenvalue weighted by Gasteiger charge is -2.02. The van der Waals surface area contributed by atoms with Crippen molar-refractivity contribution < 1.29 is 4.79 Å². The number of carbonyl (C=O) groups excluding carboxylic acids is 1. The van der Waals surface area contributed by atoms with Crippen LogP contribution in [0, 0.1) is 0 Å². The standard InChI is InChI=1S/C15H30OS/c1-2-3-4-5-6-7-8-9-10-11-12-13-14-15(16)17/h2-14H2,1H3,(H,16,17). The summed E-state index contributed by atoms with van der Waals surface area (Å²) in [6, 6.07) is 0. The Kier molecular flexibility index (Phi) is 14.1. The quantitative estimate of drug-likeness (QED) is 0.339. The lowest BCUT2D eigenvalue weighted by atomic mass is 10.0. The van der Waals surface area contributed by atoms with Gasteiger partial charge in [-0.3, -0.25) is 4.79 Å². The molecule has 0 spiro atoms. The van der Waals surface area contributed by atoms with Crippen LogP contribution in [0.2, 0.25) is 0 Å². The van der Waals surface area contributed by atoms with E-state index in [1.807, 2.05) is 0 Å². The van der Waals surface area contributed by atoms with Gasteiger partial charge in [0, 0.05) is 6.42 Å². The molecule has 102 valence electrons. The van der Waals surface area contributed by atoms with Gasteiger partial charge in [-0.1, -0.05) is 77.6 Å². The van der Waals surface area contributed by atoms with Gasteiger partial charge in [-0.05, 0) is 6.42 Å². The van der Waals surface area contributed by atoms with E-state index in [9.17, 15) is 4.79 Å². The van der Waals surface area contributed by atoms with E-state index < -0.39 is 0 Å². The Morgan fingerprint density at radius 2 is 1.06 bits per heavy atom. The molecule has 0 aliphatic rings. The molecule has 0 saturated carbocycles. The molecule has 0 aliphatic carbocycles. The smallest absolute Gasteiger partial charge is 0.185 e. The Balaban J connectivity index is 2.91. The van der Waals surface area contributed by atoms with E-state index in [0.29, 0.717) is 6.42 Å². The van der Waals surface area contributed by atoms with Gasteiger partial charge in [0.05, 0.1) is 0 Å². The lowest BCUT2D eigenvalue weighted by molar-refractivity contribution is -0.110. The molecule has 0 bridgehead atoms. The van der Waals surface area contributed by atoms with E-state index in [-0.39, 0.29) is 5.12 Å². The molecule has 0 rings (SSSR count). The number of unbranched alkanes of at least 4 members (excludes halogenated alkanes) is 11. The molecule has 0 aromatic heterocycles. The number of rotatable bonds is 13. The SMILES string of the molecule is CCCCCCCCCCCCCCC(=O)S. The highest BCUT2D eigenvalue weighted by Crippen LogP contribution is 2.12.